The maximum Gasteiger partial charge on any atom is 0.0662 e. The van der Waals surface area contributed by atoms with Gasteiger partial charge in [0, 0.05) is 25.2 Å². The van der Waals surface area contributed by atoms with Crippen molar-refractivity contribution in [3.05, 3.63) is 0 Å². The molecule has 2 aliphatic heterocycles. The predicted octanol–water partition coefficient (Wildman–Crippen LogP) is 0.849. The van der Waals surface area contributed by atoms with Gasteiger partial charge in [0.2, 0.25) is 0 Å². The van der Waals surface area contributed by atoms with Crippen molar-refractivity contribution in [3.63, 3.8) is 0 Å². The number of nitrogens with one attached hydrogen (secondary N) is 1. The van der Waals surface area contributed by atoms with Gasteiger partial charge in [-0.15, -0.1) is 0 Å². The van der Waals surface area contributed by atoms with Gasteiger partial charge >= 0.3 is 0 Å². The summed E-state index contributed by atoms with van der Waals surface area (Å²) in [5, 5.41) is 3.63. The van der Waals surface area contributed by atoms with Crippen molar-refractivity contribution in [2.75, 3.05) is 32.8 Å². The second kappa shape index (κ2) is 3.47. The lowest BCUT2D eigenvalue weighted by Gasteiger charge is -2.37. The van der Waals surface area contributed by atoms with E-state index in [1.54, 1.807) is 0 Å². The smallest absolute Gasteiger partial charge is 0.0662 e. The van der Waals surface area contributed by atoms with E-state index in [0.29, 0.717) is 5.54 Å². The topological polar surface area (TPSA) is 24.5 Å². The van der Waals surface area contributed by atoms with Crippen molar-refractivity contribution in [1.29, 1.82) is 0 Å². The van der Waals surface area contributed by atoms with Crippen LogP contribution in [0, 0.1) is 0 Å². The normalized spacial score (nSPS) is 35.4. The highest BCUT2D eigenvalue weighted by Crippen LogP contribution is 2.28. The van der Waals surface area contributed by atoms with Gasteiger partial charge in [-0.3, -0.25) is 4.90 Å². The number of hydrogen-bond acceptors (Lipinski definition) is 3. The van der Waals surface area contributed by atoms with Crippen LogP contribution in [-0.4, -0.2) is 48.8 Å². The number of rotatable bonds is 0. The average Bonchev–Trinajstić information content (AvgIpc) is 2.50. The van der Waals surface area contributed by atoms with Gasteiger partial charge in [-0.2, -0.15) is 0 Å². The van der Waals surface area contributed by atoms with E-state index in [4.69, 9.17) is 4.74 Å². The van der Waals surface area contributed by atoms with Gasteiger partial charge < -0.3 is 10.1 Å². The Morgan fingerprint density at radius 3 is 2.64 bits per heavy atom. The Balaban J connectivity index is 1.99. The minimum atomic E-state index is 0.255. The summed E-state index contributed by atoms with van der Waals surface area (Å²) in [7, 11) is 0. The molecule has 0 radical (unpaired) electrons. The van der Waals surface area contributed by atoms with E-state index in [1.165, 1.54) is 13.0 Å². The first-order valence-corrected chi connectivity index (χ1v) is 5.60. The number of hydrogen-bond donors (Lipinski definition) is 1. The van der Waals surface area contributed by atoms with Crippen molar-refractivity contribution < 1.29 is 4.74 Å². The molecule has 0 aromatic carbocycles. The van der Waals surface area contributed by atoms with Gasteiger partial charge in [0.15, 0.2) is 0 Å². The van der Waals surface area contributed by atoms with Crippen LogP contribution in [0.1, 0.15) is 27.2 Å². The third-order valence-electron chi connectivity index (χ3n) is 3.43. The summed E-state index contributed by atoms with van der Waals surface area (Å²) in [5.41, 5.74) is 0.550. The fourth-order valence-corrected chi connectivity index (χ4v) is 2.41. The molecule has 2 rings (SSSR count). The Morgan fingerprint density at radius 1 is 1.36 bits per heavy atom. The molecule has 1 unspecified atom stereocenters. The SMILES string of the molecule is CC(C)(C)N1CCC2(COCCN2)C1. The van der Waals surface area contributed by atoms with Gasteiger partial charge in [0.05, 0.1) is 18.8 Å². The first-order valence-electron chi connectivity index (χ1n) is 5.60. The van der Waals surface area contributed by atoms with Crippen LogP contribution < -0.4 is 5.32 Å². The number of nitrogens with zero attached hydrogens (tertiary/aromatic N) is 1. The fraction of sp³-hybridized carbons (Fsp3) is 1.00. The predicted molar refractivity (Wildman–Crippen MR) is 57.5 cm³/mol. The molecule has 0 saturated carbocycles. The van der Waals surface area contributed by atoms with Crippen LogP contribution in [0.5, 0.6) is 0 Å². The third-order valence-corrected chi connectivity index (χ3v) is 3.43. The van der Waals surface area contributed by atoms with Crippen molar-refractivity contribution in [2.45, 2.75) is 38.3 Å². The Morgan fingerprint density at radius 2 is 2.14 bits per heavy atom. The number of likely N-dealkylation sites (tertiary alicyclic amines) is 1. The molecule has 1 N–H and O–H groups in total. The molecule has 1 atom stereocenters. The lowest BCUT2D eigenvalue weighted by Crippen LogP contribution is -2.57. The molecule has 0 aromatic rings. The highest BCUT2D eigenvalue weighted by molar-refractivity contribution is 5.01. The highest BCUT2D eigenvalue weighted by atomic mass is 16.5. The summed E-state index contributed by atoms with van der Waals surface area (Å²) >= 11 is 0. The third kappa shape index (κ3) is 1.95. The monoisotopic (exact) mass is 198 g/mol. The van der Waals surface area contributed by atoms with Gasteiger partial charge in [0.1, 0.15) is 0 Å². The zero-order chi connectivity index (χ0) is 10.2. The number of ether oxygens (including phenoxy) is 1. The van der Waals surface area contributed by atoms with E-state index < -0.39 is 0 Å². The van der Waals surface area contributed by atoms with Crippen molar-refractivity contribution >= 4 is 0 Å². The zero-order valence-electron chi connectivity index (χ0n) is 9.60. The largest absolute Gasteiger partial charge is 0.378 e. The molecule has 2 fully saturated rings. The molecule has 2 aliphatic rings. The summed E-state index contributed by atoms with van der Waals surface area (Å²) < 4.78 is 5.58. The maximum absolute atomic E-state index is 5.58. The standard InChI is InChI=1S/C11H22N2O/c1-10(2,3)13-6-4-11(8-13)9-14-7-5-12-11/h12H,4-9H2,1-3H3. The maximum atomic E-state index is 5.58. The Kier molecular flexibility index (Phi) is 2.58. The van der Waals surface area contributed by atoms with Crippen LogP contribution in [0.15, 0.2) is 0 Å². The molecule has 3 nitrogen and oxygen atoms in total. The summed E-state index contributed by atoms with van der Waals surface area (Å²) in [6.45, 7) is 12.0. The molecule has 0 aliphatic carbocycles. The van der Waals surface area contributed by atoms with Crippen LogP contribution in [-0.2, 0) is 4.74 Å². The molecular weight excluding hydrogens is 176 g/mol. The van der Waals surface area contributed by atoms with Gasteiger partial charge in [-0.25, -0.2) is 0 Å². The van der Waals surface area contributed by atoms with Gasteiger partial charge in [0.25, 0.3) is 0 Å². The van der Waals surface area contributed by atoms with Crippen LogP contribution in [0.2, 0.25) is 0 Å². The molecule has 82 valence electrons. The molecule has 2 saturated heterocycles. The minimum Gasteiger partial charge on any atom is -0.378 e. The van der Waals surface area contributed by atoms with E-state index in [9.17, 15) is 0 Å². The Hall–Kier alpha value is -0.120. The summed E-state index contributed by atoms with van der Waals surface area (Å²) in [6, 6.07) is 0. The summed E-state index contributed by atoms with van der Waals surface area (Å²) in [6.07, 6.45) is 1.23. The molecule has 0 aromatic heterocycles. The lowest BCUT2D eigenvalue weighted by molar-refractivity contribution is 0.0257. The molecule has 2 heterocycles. The molecule has 0 bridgehead atoms. The van der Waals surface area contributed by atoms with E-state index in [1.807, 2.05) is 0 Å². The first kappa shape index (κ1) is 10.4. The van der Waals surface area contributed by atoms with Crippen LogP contribution in [0.4, 0.5) is 0 Å². The van der Waals surface area contributed by atoms with E-state index in [2.05, 4.69) is 31.0 Å². The highest BCUT2D eigenvalue weighted by Gasteiger charge is 2.42. The molecule has 1 spiro atoms. The van der Waals surface area contributed by atoms with Crippen molar-refractivity contribution in [3.8, 4) is 0 Å². The summed E-state index contributed by atoms with van der Waals surface area (Å²) in [5.74, 6) is 0. The molecular formula is C11H22N2O. The minimum absolute atomic E-state index is 0.255. The van der Waals surface area contributed by atoms with Crippen LogP contribution in [0.3, 0.4) is 0 Å². The zero-order valence-corrected chi connectivity index (χ0v) is 9.60. The van der Waals surface area contributed by atoms with Crippen LogP contribution in [0.25, 0.3) is 0 Å². The summed E-state index contributed by atoms with van der Waals surface area (Å²) in [4.78, 5) is 2.55. The number of morpholine rings is 1. The Labute approximate surface area is 86.8 Å². The quantitative estimate of drug-likeness (QED) is 0.624. The fourth-order valence-electron chi connectivity index (χ4n) is 2.41. The molecule has 0 amide bonds. The molecule has 14 heavy (non-hydrogen) atoms. The average molecular weight is 198 g/mol. The van der Waals surface area contributed by atoms with Crippen molar-refractivity contribution in [2.24, 2.45) is 0 Å². The van der Waals surface area contributed by atoms with E-state index >= 15 is 0 Å². The van der Waals surface area contributed by atoms with Crippen LogP contribution >= 0.6 is 0 Å². The molecule has 3 heteroatoms. The van der Waals surface area contributed by atoms with Crippen molar-refractivity contribution in [1.82, 2.24) is 10.2 Å². The Bertz CT molecular complexity index is 204. The van der Waals surface area contributed by atoms with E-state index in [-0.39, 0.29) is 5.54 Å². The van der Waals surface area contributed by atoms with E-state index in [0.717, 1.165) is 26.3 Å². The van der Waals surface area contributed by atoms with Gasteiger partial charge in [-0.05, 0) is 27.2 Å². The second-order valence-corrected chi connectivity index (χ2v) is 5.60. The van der Waals surface area contributed by atoms with Gasteiger partial charge in [-0.1, -0.05) is 0 Å². The second-order valence-electron chi connectivity index (χ2n) is 5.60. The first-order chi connectivity index (χ1) is 6.52. The lowest BCUT2D eigenvalue weighted by atomic mass is 9.98.